The second kappa shape index (κ2) is 5.91. The van der Waals surface area contributed by atoms with Gasteiger partial charge in [0.2, 0.25) is 0 Å². The number of nitrogens with zero attached hydrogens (tertiary/aromatic N) is 2. The van der Waals surface area contributed by atoms with Crippen LogP contribution in [0, 0.1) is 5.82 Å². The highest BCUT2D eigenvalue weighted by Gasteiger charge is 2.22. The normalized spacial score (nSPS) is 11.5. The molecule has 4 nitrogen and oxygen atoms in total. The number of likely N-dealkylation sites (N-methyl/N-ethyl adjacent to an activating group) is 1. The van der Waals surface area contributed by atoms with E-state index in [2.05, 4.69) is 4.98 Å². The van der Waals surface area contributed by atoms with Crippen LogP contribution < -0.4 is 0 Å². The average Bonchev–Trinajstić information content (AvgIpc) is 2.85. The van der Waals surface area contributed by atoms with Crippen LogP contribution in [0.1, 0.15) is 23.5 Å². The van der Waals surface area contributed by atoms with E-state index in [1.807, 2.05) is 0 Å². The number of hydrogen-bond donors (Lipinski definition) is 1. The van der Waals surface area contributed by atoms with E-state index in [0.717, 1.165) is 11.3 Å². The van der Waals surface area contributed by atoms with Gasteiger partial charge in [0.15, 0.2) is 0 Å². The van der Waals surface area contributed by atoms with E-state index in [0.29, 0.717) is 15.4 Å². The molecule has 1 aromatic carbocycles. The van der Waals surface area contributed by atoms with E-state index < -0.39 is 5.60 Å². The molecule has 112 valence electrons. The van der Waals surface area contributed by atoms with Gasteiger partial charge in [-0.3, -0.25) is 4.79 Å². The Morgan fingerprint density at radius 2 is 2.10 bits per heavy atom. The number of benzene rings is 1. The maximum absolute atomic E-state index is 13.7. The lowest BCUT2D eigenvalue weighted by molar-refractivity contribution is 0.0370. The lowest BCUT2D eigenvalue weighted by atomic mass is 10.1. The predicted molar refractivity (Wildman–Crippen MR) is 80.8 cm³/mol. The molecule has 0 saturated heterocycles. The highest BCUT2D eigenvalue weighted by Crippen LogP contribution is 2.27. The molecule has 0 bridgehead atoms. The molecule has 0 aliphatic heterocycles. The highest BCUT2D eigenvalue weighted by molar-refractivity contribution is 7.16. The molecule has 1 N–H and O–H groups in total. The summed E-state index contributed by atoms with van der Waals surface area (Å²) in [5, 5.41) is 10.2. The van der Waals surface area contributed by atoms with Gasteiger partial charge in [-0.05, 0) is 26.0 Å². The number of aliphatic hydroxyl groups is 1. The first-order chi connectivity index (χ1) is 9.78. The van der Waals surface area contributed by atoms with Crippen molar-refractivity contribution in [3.63, 3.8) is 0 Å². The van der Waals surface area contributed by atoms with Crippen LogP contribution in [0.25, 0.3) is 10.6 Å². The van der Waals surface area contributed by atoms with Crippen molar-refractivity contribution in [2.45, 2.75) is 19.4 Å². The number of hydrogen-bond acceptors (Lipinski definition) is 4. The molecule has 0 radical (unpaired) electrons. The van der Waals surface area contributed by atoms with Gasteiger partial charge < -0.3 is 10.0 Å². The van der Waals surface area contributed by atoms with Gasteiger partial charge in [-0.25, -0.2) is 9.37 Å². The summed E-state index contributed by atoms with van der Waals surface area (Å²) >= 11 is 1.14. The first kappa shape index (κ1) is 15.6. The van der Waals surface area contributed by atoms with Crippen LogP contribution in [-0.4, -0.2) is 40.1 Å². The molecular weight excluding hydrogens is 291 g/mol. The second-order valence-corrected chi connectivity index (χ2v) is 6.51. The zero-order chi connectivity index (χ0) is 15.6. The summed E-state index contributed by atoms with van der Waals surface area (Å²) in [6.07, 6.45) is 1.44. The molecule has 2 aromatic rings. The summed E-state index contributed by atoms with van der Waals surface area (Å²) in [6, 6.07) is 6.32. The first-order valence-corrected chi connectivity index (χ1v) is 7.28. The maximum atomic E-state index is 13.7. The lowest BCUT2D eigenvalue weighted by Gasteiger charge is -2.24. The minimum Gasteiger partial charge on any atom is -0.389 e. The van der Waals surface area contributed by atoms with E-state index in [4.69, 9.17) is 0 Å². The van der Waals surface area contributed by atoms with Crippen LogP contribution in [-0.2, 0) is 0 Å². The number of carbonyl (C=O) groups excluding carboxylic acids is 1. The van der Waals surface area contributed by atoms with Crippen molar-refractivity contribution in [3.05, 3.63) is 41.2 Å². The Bertz CT molecular complexity index is 649. The van der Waals surface area contributed by atoms with E-state index in [-0.39, 0.29) is 18.3 Å². The monoisotopic (exact) mass is 308 g/mol. The fourth-order valence-corrected chi connectivity index (χ4v) is 2.91. The minimum atomic E-state index is -0.969. The van der Waals surface area contributed by atoms with Crippen LogP contribution >= 0.6 is 11.3 Å². The van der Waals surface area contributed by atoms with Crippen LogP contribution in [0.2, 0.25) is 0 Å². The largest absolute Gasteiger partial charge is 0.389 e. The maximum Gasteiger partial charge on any atom is 0.265 e. The summed E-state index contributed by atoms with van der Waals surface area (Å²) in [6.45, 7) is 3.47. The Balaban J connectivity index is 2.20. The summed E-state index contributed by atoms with van der Waals surface area (Å²) in [5.74, 6) is -0.604. The molecule has 0 saturated carbocycles. The molecule has 0 aliphatic rings. The number of aromatic nitrogens is 1. The lowest BCUT2D eigenvalue weighted by Crippen LogP contribution is -2.39. The number of carbonyl (C=O) groups is 1. The number of rotatable bonds is 4. The van der Waals surface area contributed by atoms with Gasteiger partial charge in [-0.15, -0.1) is 11.3 Å². The molecule has 0 fully saturated rings. The van der Waals surface area contributed by atoms with Gasteiger partial charge in [0, 0.05) is 19.2 Å². The third-order valence-electron chi connectivity index (χ3n) is 2.79. The fraction of sp³-hybridized carbons (Fsp3) is 0.333. The van der Waals surface area contributed by atoms with Crippen molar-refractivity contribution in [2.75, 3.05) is 13.6 Å². The fourth-order valence-electron chi connectivity index (χ4n) is 1.97. The Labute approximate surface area is 126 Å². The number of thiazole rings is 1. The van der Waals surface area contributed by atoms with Crippen molar-refractivity contribution >= 4 is 17.2 Å². The van der Waals surface area contributed by atoms with Crippen LogP contribution in [0.4, 0.5) is 4.39 Å². The van der Waals surface area contributed by atoms with Crippen molar-refractivity contribution in [2.24, 2.45) is 0 Å². The van der Waals surface area contributed by atoms with Crippen molar-refractivity contribution < 1.29 is 14.3 Å². The molecule has 0 spiro atoms. The Hall–Kier alpha value is -1.79. The summed E-state index contributed by atoms with van der Waals surface area (Å²) in [7, 11) is 1.61. The summed E-state index contributed by atoms with van der Waals surface area (Å²) in [4.78, 5) is 18.2. The number of halogens is 1. The number of amides is 1. The molecular formula is C15H17FN2O2S. The van der Waals surface area contributed by atoms with Gasteiger partial charge >= 0.3 is 0 Å². The molecule has 0 aliphatic carbocycles. The van der Waals surface area contributed by atoms with Crippen LogP contribution in [0.3, 0.4) is 0 Å². The molecule has 6 heteroatoms. The zero-order valence-corrected chi connectivity index (χ0v) is 12.9. The molecule has 0 atom stereocenters. The molecule has 21 heavy (non-hydrogen) atoms. The van der Waals surface area contributed by atoms with Gasteiger partial charge in [0.25, 0.3) is 5.91 Å². The second-order valence-electron chi connectivity index (χ2n) is 5.48. The van der Waals surface area contributed by atoms with E-state index in [9.17, 15) is 14.3 Å². The van der Waals surface area contributed by atoms with E-state index >= 15 is 0 Å². The predicted octanol–water partition coefficient (Wildman–Crippen LogP) is 2.79. The SMILES string of the molecule is CN(CC(C)(C)O)C(=O)c1cnc(-c2ccccc2F)s1. The van der Waals surface area contributed by atoms with Gasteiger partial charge in [0.05, 0.1) is 11.8 Å². The highest BCUT2D eigenvalue weighted by atomic mass is 32.1. The Morgan fingerprint density at radius 3 is 2.71 bits per heavy atom. The minimum absolute atomic E-state index is 0.207. The quantitative estimate of drug-likeness (QED) is 0.945. The summed E-state index contributed by atoms with van der Waals surface area (Å²) in [5.41, 5.74) is -0.588. The van der Waals surface area contributed by atoms with Gasteiger partial charge in [-0.1, -0.05) is 12.1 Å². The smallest absolute Gasteiger partial charge is 0.265 e. The van der Waals surface area contributed by atoms with E-state index in [1.165, 1.54) is 17.2 Å². The first-order valence-electron chi connectivity index (χ1n) is 6.46. The van der Waals surface area contributed by atoms with Crippen LogP contribution in [0.5, 0.6) is 0 Å². The molecule has 2 rings (SSSR count). The zero-order valence-electron chi connectivity index (χ0n) is 12.1. The van der Waals surface area contributed by atoms with Crippen molar-refractivity contribution in [1.29, 1.82) is 0 Å². The van der Waals surface area contributed by atoms with E-state index in [1.54, 1.807) is 39.1 Å². The van der Waals surface area contributed by atoms with Crippen molar-refractivity contribution in [3.8, 4) is 10.6 Å². The Kier molecular flexibility index (Phi) is 4.39. The Morgan fingerprint density at radius 1 is 1.43 bits per heavy atom. The molecule has 1 aromatic heterocycles. The van der Waals surface area contributed by atoms with Gasteiger partial charge in [-0.2, -0.15) is 0 Å². The van der Waals surface area contributed by atoms with Crippen molar-refractivity contribution in [1.82, 2.24) is 9.88 Å². The average molecular weight is 308 g/mol. The third-order valence-corrected chi connectivity index (χ3v) is 3.81. The molecule has 0 unspecified atom stereocenters. The topological polar surface area (TPSA) is 53.4 Å². The molecule has 1 heterocycles. The summed E-state index contributed by atoms with van der Waals surface area (Å²) < 4.78 is 13.7. The van der Waals surface area contributed by atoms with Crippen LogP contribution in [0.15, 0.2) is 30.5 Å². The third kappa shape index (κ3) is 3.86. The molecule has 1 amide bonds. The standard InChI is InChI=1S/C15H17FN2O2S/c1-15(2,20)9-18(3)14(19)12-8-17-13(21-12)10-6-4-5-7-11(10)16/h4-8,20H,9H2,1-3H3. The van der Waals surface area contributed by atoms with Gasteiger partial charge in [0.1, 0.15) is 15.7 Å².